The molecule has 2 aromatic heterocycles. The molecule has 0 atom stereocenters. The second-order valence-electron chi connectivity index (χ2n) is 3.05. The molecule has 2 heterocycles. The lowest BCUT2D eigenvalue weighted by atomic mass is 10.4. The predicted molar refractivity (Wildman–Crippen MR) is 59.1 cm³/mol. The van der Waals surface area contributed by atoms with Crippen LogP contribution < -0.4 is 5.56 Å². The van der Waals surface area contributed by atoms with Gasteiger partial charge >= 0.3 is 0 Å². The quantitative estimate of drug-likeness (QED) is 0.650. The minimum absolute atomic E-state index is 0.0619. The molecule has 0 radical (unpaired) electrons. The highest BCUT2D eigenvalue weighted by Crippen LogP contribution is 2.04. The average Bonchev–Trinajstić information content (AvgIpc) is 2.51. The largest absolute Gasteiger partial charge is 0.299 e. The van der Waals surface area contributed by atoms with Crippen LogP contribution in [0.3, 0.4) is 0 Å². The van der Waals surface area contributed by atoms with Crippen molar-refractivity contribution in [1.82, 2.24) is 19.2 Å². The Morgan fingerprint density at radius 1 is 1.27 bits per heavy atom. The molecule has 82 valence electrons. The normalized spacial score (nSPS) is 9.93. The Bertz CT molecular complexity index is 524. The summed E-state index contributed by atoms with van der Waals surface area (Å²) in [6.07, 6.45) is 1.49. The summed E-state index contributed by atoms with van der Waals surface area (Å²) in [4.78, 5) is 15.8. The molecule has 0 amide bonds. The van der Waals surface area contributed by atoms with E-state index in [1.165, 1.54) is 10.9 Å². The lowest BCUT2D eigenvalue weighted by molar-refractivity contribution is 0.749. The second-order valence-corrected chi connectivity index (χ2v) is 3.05. The first-order chi connectivity index (χ1) is 7.11. The zero-order valence-electron chi connectivity index (χ0n) is 9.77. The van der Waals surface area contributed by atoms with Gasteiger partial charge in [-0.05, 0) is 13.8 Å². The minimum Gasteiger partial charge on any atom is -0.299 e. The smallest absolute Gasteiger partial charge is 0.279 e. The van der Waals surface area contributed by atoms with E-state index in [4.69, 9.17) is 0 Å². The fourth-order valence-electron chi connectivity index (χ4n) is 1.39. The highest BCUT2D eigenvalue weighted by Gasteiger charge is 2.09. The molecular weight excluding hydrogens is 192 g/mol. The summed E-state index contributed by atoms with van der Waals surface area (Å²) in [6.45, 7) is 7.64. The first-order valence-corrected chi connectivity index (χ1v) is 4.99. The van der Waals surface area contributed by atoms with Gasteiger partial charge in [0.25, 0.3) is 5.56 Å². The molecule has 0 bridgehead atoms. The summed E-state index contributed by atoms with van der Waals surface area (Å²) >= 11 is 0. The van der Waals surface area contributed by atoms with Gasteiger partial charge in [-0.15, -0.1) is 0 Å². The number of hydrogen-bond donors (Lipinski definition) is 0. The molecule has 0 unspecified atom stereocenters. The van der Waals surface area contributed by atoms with E-state index < -0.39 is 0 Å². The third kappa shape index (κ3) is 1.77. The van der Waals surface area contributed by atoms with Crippen molar-refractivity contribution in [2.24, 2.45) is 7.05 Å². The van der Waals surface area contributed by atoms with Gasteiger partial charge in [0, 0.05) is 7.05 Å². The van der Waals surface area contributed by atoms with Gasteiger partial charge < -0.3 is 0 Å². The van der Waals surface area contributed by atoms with E-state index in [1.807, 2.05) is 27.7 Å². The van der Waals surface area contributed by atoms with Gasteiger partial charge in [-0.25, -0.2) is 9.50 Å². The van der Waals surface area contributed by atoms with Gasteiger partial charge in [-0.3, -0.25) is 9.36 Å². The van der Waals surface area contributed by atoms with E-state index in [-0.39, 0.29) is 5.56 Å². The summed E-state index contributed by atoms with van der Waals surface area (Å²) in [5.74, 6) is 0.741. The summed E-state index contributed by atoms with van der Waals surface area (Å²) in [6, 6.07) is 0. The van der Waals surface area contributed by atoms with Crippen LogP contribution in [0, 0.1) is 13.8 Å². The van der Waals surface area contributed by atoms with Crippen molar-refractivity contribution in [3.8, 4) is 0 Å². The molecule has 0 N–H and O–H groups in total. The van der Waals surface area contributed by atoms with E-state index in [0.29, 0.717) is 5.52 Å². The first-order valence-electron chi connectivity index (χ1n) is 4.99. The maximum atomic E-state index is 11.6. The highest BCUT2D eigenvalue weighted by atomic mass is 16.1. The van der Waals surface area contributed by atoms with Crippen LogP contribution in [0.4, 0.5) is 0 Å². The van der Waals surface area contributed by atoms with Crippen LogP contribution in [-0.4, -0.2) is 19.2 Å². The second kappa shape index (κ2) is 4.25. The Labute approximate surface area is 88.4 Å². The lowest BCUT2D eigenvalue weighted by Crippen LogP contribution is -2.20. The maximum absolute atomic E-state index is 11.6. The van der Waals surface area contributed by atoms with Gasteiger partial charge in [0.15, 0.2) is 5.52 Å². The van der Waals surface area contributed by atoms with E-state index in [9.17, 15) is 4.79 Å². The van der Waals surface area contributed by atoms with Gasteiger partial charge in [-0.1, -0.05) is 13.8 Å². The van der Waals surface area contributed by atoms with Crippen molar-refractivity contribution >= 4 is 5.52 Å². The zero-order chi connectivity index (χ0) is 11.6. The number of hydrogen-bond acceptors (Lipinski definition) is 3. The monoisotopic (exact) mass is 208 g/mol. The molecule has 0 aliphatic heterocycles. The Morgan fingerprint density at radius 2 is 1.87 bits per heavy atom. The average molecular weight is 208 g/mol. The molecule has 0 saturated heterocycles. The standard InChI is InChI=1S/C8H10N4O.C2H6/c1-5-7-8(13)11(3)4-9-12(7)6(2)10-5;1-2/h4H,1-3H3;1-2H3. The molecule has 5 heteroatoms. The topological polar surface area (TPSA) is 52.2 Å². The lowest BCUT2D eigenvalue weighted by Gasteiger charge is -1.97. The van der Waals surface area contributed by atoms with Crippen molar-refractivity contribution in [1.29, 1.82) is 0 Å². The molecule has 2 rings (SSSR count). The molecule has 0 aromatic carbocycles. The Balaban J connectivity index is 0.000000531. The van der Waals surface area contributed by atoms with E-state index in [1.54, 1.807) is 11.6 Å². The summed E-state index contributed by atoms with van der Waals surface area (Å²) < 4.78 is 3.01. The van der Waals surface area contributed by atoms with Crippen LogP contribution in [0.15, 0.2) is 11.1 Å². The van der Waals surface area contributed by atoms with E-state index >= 15 is 0 Å². The van der Waals surface area contributed by atoms with Gasteiger partial charge in [-0.2, -0.15) is 5.10 Å². The molecule has 15 heavy (non-hydrogen) atoms. The van der Waals surface area contributed by atoms with Crippen molar-refractivity contribution in [3.63, 3.8) is 0 Å². The molecule has 0 spiro atoms. The van der Waals surface area contributed by atoms with Crippen LogP contribution in [0.25, 0.3) is 5.52 Å². The molecular formula is C10H16N4O. The zero-order valence-corrected chi connectivity index (χ0v) is 9.77. The molecule has 0 aliphatic rings. The van der Waals surface area contributed by atoms with Crippen LogP contribution in [0.1, 0.15) is 25.4 Å². The van der Waals surface area contributed by atoms with Crippen molar-refractivity contribution < 1.29 is 0 Å². The van der Waals surface area contributed by atoms with E-state index in [0.717, 1.165) is 11.5 Å². The van der Waals surface area contributed by atoms with Crippen LogP contribution in [0.2, 0.25) is 0 Å². The number of aromatic nitrogens is 4. The number of imidazole rings is 1. The Morgan fingerprint density at radius 3 is 2.47 bits per heavy atom. The highest BCUT2D eigenvalue weighted by molar-refractivity contribution is 5.49. The molecule has 2 aromatic rings. The van der Waals surface area contributed by atoms with Gasteiger partial charge in [0.2, 0.25) is 0 Å². The van der Waals surface area contributed by atoms with Crippen LogP contribution in [0.5, 0.6) is 0 Å². The molecule has 0 fully saturated rings. The van der Waals surface area contributed by atoms with Crippen LogP contribution in [-0.2, 0) is 7.05 Å². The van der Waals surface area contributed by atoms with Crippen LogP contribution >= 0.6 is 0 Å². The fraction of sp³-hybridized carbons (Fsp3) is 0.500. The van der Waals surface area contributed by atoms with Crippen molar-refractivity contribution in [2.45, 2.75) is 27.7 Å². The number of nitrogens with zero attached hydrogens (tertiary/aromatic N) is 4. The molecule has 0 aliphatic carbocycles. The number of fused-ring (bicyclic) bond motifs is 1. The number of rotatable bonds is 0. The van der Waals surface area contributed by atoms with Crippen molar-refractivity contribution in [3.05, 3.63) is 28.2 Å². The Kier molecular flexibility index (Phi) is 3.24. The maximum Gasteiger partial charge on any atom is 0.279 e. The minimum atomic E-state index is -0.0619. The van der Waals surface area contributed by atoms with E-state index in [2.05, 4.69) is 10.1 Å². The summed E-state index contributed by atoms with van der Waals surface area (Å²) in [5, 5.41) is 4.08. The van der Waals surface area contributed by atoms with Gasteiger partial charge in [0.1, 0.15) is 12.2 Å². The SMILES string of the molecule is CC.Cc1nc(C)n2ncn(C)c(=O)c12. The summed E-state index contributed by atoms with van der Waals surface area (Å²) in [5.41, 5.74) is 1.22. The fourth-order valence-corrected chi connectivity index (χ4v) is 1.39. The third-order valence-electron chi connectivity index (χ3n) is 2.05. The van der Waals surface area contributed by atoms with Crippen molar-refractivity contribution in [2.75, 3.05) is 0 Å². The molecule has 5 nitrogen and oxygen atoms in total. The van der Waals surface area contributed by atoms with Gasteiger partial charge in [0.05, 0.1) is 5.69 Å². The predicted octanol–water partition coefficient (Wildman–Crippen LogP) is 1.07. The summed E-state index contributed by atoms with van der Waals surface area (Å²) in [7, 11) is 1.68. The molecule has 0 saturated carbocycles. The third-order valence-corrected chi connectivity index (χ3v) is 2.05. The first kappa shape index (κ1) is 11.4. The number of aryl methyl sites for hydroxylation is 3. The Hall–Kier alpha value is -1.65.